The number of ether oxygens (including phenoxy) is 1. The summed E-state index contributed by atoms with van der Waals surface area (Å²) in [6.07, 6.45) is 0. The average molecular weight is 513 g/mol. The summed E-state index contributed by atoms with van der Waals surface area (Å²) < 4.78 is 6.26. The molecule has 0 spiro atoms. The van der Waals surface area contributed by atoms with Gasteiger partial charge in [-0.3, -0.25) is 14.5 Å². The number of aliphatic hydroxyl groups is 1. The summed E-state index contributed by atoms with van der Waals surface area (Å²) >= 11 is 4.81. The topological polar surface area (TPSA) is 79.7 Å². The van der Waals surface area contributed by atoms with Gasteiger partial charge in [-0.2, -0.15) is 0 Å². The van der Waals surface area contributed by atoms with Crippen LogP contribution in [0.25, 0.3) is 5.76 Å². The highest BCUT2D eigenvalue weighted by atomic mass is 79.9. The summed E-state index contributed by atoms with van der Waals surface area (Å²) in [6.45, 7) is 6.18. The van der Waals surface area contributed by atoms with Gasteiger partial charge in [-0.15, -0.1) is 11.3 Å². The van der Waals surface area contributed by atoms with E-state index in [1.165, 1.54) is 16.2 Å². The fourth-order valence-corrected chi connectivity index (χ4v) is 4.97. The van der Waals surface area contributed by atoms with Gasteiger partial charge in [0, 0.05) is 14.9 Å². The minimum atomic E-state index is -0.802. The molecule has 1 saturated heterocycles. The highest BCUT2D eigenvalue weighted by Gasteiger charge is 2.48. The van der Waals surface area contributed by atoms with Crippen LogP contribution < -0.4 is 9.64 Å². The maximum absolute atomic E-state index is 13.2. The Balaban J connectivity index is 1.90. The number of carbonyl (C=O) groups is 2. The van der Waals surface area contributed by atoms with Gasteiger partial charge >= 0.3 is 5.91 Å². The Hall–Kier alpha value is -2.97. The van der Waals surface area contributed by atoms with E-state index in [1.54, 1.807) is 24.3 Å². The number of nitrogens with zero attached hydrogens (tertiary/aromatic N) is 2. The van der Waals surface area contributed by atoms with E-state index in [0.717, 1.165) is 15.0 Å². The molecule has 2 aromatic carbocycles. The number of ketones is 1. The second kappa shape index (κ2) is 8.88. The zero-order valence-electron chi connectivity index (χ0n) is 17.8. The smallest absolute Gasteiger partial charge is 0.301 e. The molecule has 1 amide bonds. The first kappa shape index (κ1) is 22.2. The van der Waals surface area contributed by atoms with Crippen LogP contribution in [-0.2, 0) is 9.59 Å². The molecule has 1 aliphatic heterocycles. The number of hydrogen-bond acceptors (Lipinski definition) is 6. The van der Waals surface area contributed by atoms with Gasteiger partial charge in [0.2, 0.25) is 0 Å². The molecule has 32 heavy (non-hydrogen) atoms. The molecule has 0 radical (unpaired) electrons. The SMILES string of the molecule is CCOc1ccc(C(O)=C2C(=O)C(=O)N(c3nc(C)c(C)s3)[C@@H]2c2cccc(Br)c2)cc1. The Morgan fingerprint density at radius 1 is 1.19 bits per heavy atom. The number of carbonyl (C=O) groups excluding carboxylic acids is 2. The van der Waals surface area contributed by atoms with Gasteiger partial charge in [0.1, 0.15) is 11.5 Å². The Bertz CT molecular complexity index is 1210. The van der Waals surface area contributed by atoms with Crippen LogP contribution in [0.1, 0.15) is 34.7 Å². The minimum absolute atomic E-state index is 0.0303. The van der Waals surface area contributed by atoms with E-state index in [4.69, 9.17) is 4.74 Å². The highest BCUT2D eigenvalue weighted by molar-refractivity contribution is 9.10. The molecule has 1 aromatic heterocycles. The van der Waals surface area contributed by atoms with Gasteiger partial charge in [-0.25, -0.2) is 4.98 Å². The maximum atomic E-state index is 13.2. The second-order valence-corrected chi connectivity index (χ2v) is 9.42. The zero-order chi connectivity index (χ0) is 23.0. The molecule has 8 heteroatoms. The standard InChI is InChI=1S/C24H21BrN2O4S/c1-4-31-18-10-8-15(9-11-18)21(28)19-20(16-6-5-7-17(25)12-16)27(23(30)22(19)29)24-26-13(2)14(3)32-24/h5-12,20,28H,4H2,1-3H3/t20-/m1/s1. The van der Waals surface area contributed by atoms with Crippen LogP contribution in [0.3, 0.4) is 0 Å². The third-order valence-electron chi connectivity index (χ3n) is 5.27. The lowest BCUT2D eigenvalue weighted by atomic mass is 9.95. The lowest BCUT2D eigenvalue weighted by Crippen LogP contribution is -2.29. The van der Waals surface area contributed by atoms with Crippen molar-refractivity contribution in [2.45, 2.75) is 26.8 Å². The molecule has 0 unspecified atom stereocenters. The number of aryl methyl sites for hydroxylation is 2. The van der Waals surface area contributed by atoms with Gasteiger partial charge in [0.15, 0.2) is 5.13 Å². The van der Waals surface area contributed by atoms with Gasteiger partial charge < -0.3 is 9.84 Å². The Morgan fingerprint density at radius 3 is 2.50 bits per heavy atom. The third-order valence-corrected chi connectivity index (χ3v) is 6.84. The van der Waals surface area contributed by atoms with Crippen molar-refractivity contribution in [3.8, 4) is 5.75 Å². The lowest BCUT2D eigenvalue weighted by Gasteiger charge is -2.23. The van der Waals surface area contributed by atoms with Crippen molar-refractivity contribution in [2.75, 3.05) is 11.5 Å². The van der Waals surface area contributed by atoms with Crippen LogP contribution >= 0.6 is 27.3 Å². The van der Waals surface area contributed by atoms with Crippen LogP contribution in [0.2, 0.25) is 0 Å². The normalized spacial score (nSPS) is 17.8. The molecule has 0 bridgehead atoms. The molecule has 4 rings (SSSR count). The number of benzene rings is 2. The number of halogens is 1. The largest absolute Gasteiger partial charge is 0.507 e. The van der Waals surface area contributed by atoms with Gasteiger partial charge in [-0.05, 0) is 62.7 Å². The van der Waals surface area contributed by atoms with Gasteiger partial charge in [-0.1, -0.05) is 28.1 Å². The van der Waals surface area contributed by atoms with E-state index in [0.29, 0.717) is 28.6 Å². The molecule has 1 fully saturated rings. The predicted octanol–water partition coefficient (Wildman–Crippen LogP) is 5.55. The molecular weight excluding hydrogens is 492 g/mol. The van der Waals surface area contributed by atoms with E-state index in [9.17, 15) is 14.7 Å². The van der Waals surface area contributed by atoms with Crippen molar-refractivity contribution in [2.24, 2.45) is 0 Å². The second-order valence-electron chi connectivity index (χ2n) is 7.32. The van der Waals surface area contributed by atoms with Crippen LogP contribution in [-0.4, -0.2) is 28.4 Å². The molecule has 3 aromatic rings. The maximum Gasteiger partial charge on any atom is 0.301 e. The van der Waals surface area contributed by atoms with E-state index in [2.05, 4.69) is 20.9 Å². The summed E-state index contributed by atoms with van der Waals surface area (Å²) in [6, 6.07) is 13.3. The first-order valence-electron chi connectivity index (χ1n) is 10.1. The Labute approximate surface area is 198 Å². The number of hydrogen-bond donors (Lipinski definition) is 1. The summed E-state index contributed by atoms with van der Waals surface area (Å²) in [5.74, 6) is -1.03. The summed E-state index contributed by atoms with van der Waals surface area (Å²) in [5.41, 5.74) is 1.95. The third kappa shape index (κ3) is 3.96. The van der Waals surface area contributed by atoms with Crippen LogP contribution in [0.15, 0.2) is 58.6 Å². The number of Topliss-reactive ketones (excluding diaryl/α,β-unsaturated/α-hetero) is 1. The van der Waals surface area contributed by atoms with Crippen molar-refractivity contribution < 1.29 is 19.4 Å². The number of aliphatic hydroxyl groups excluding tert-OH is 1. The van der Waals surface area contributed by atoms with Crippen LogP contribution in [0, 0.1) is 13.8 Å². The van der Waals surface area contributed by atoms with Crippen molar-refractivity contribution >= 4 is 49.8 Å². The molecule has 164 valence electrons. The van der Waals surface area contributed by atoms with Crippen LogP contribution in [0.5, 0.6) is 5.75 Å². The van der Waals surface area contributed by atoms with Crippen molar-refractivity contribution in [1.82, 2.24) is 4.98 Å². The van der Waals surface area contributed by atoms with E-state index >= 15 is 0 Å². The fraction of sp³-hybridized carbons (Fsp3) is 0.208. The zero-order valence-corrected chi connectivity index (χ0v) is 20.2. The van der Waals surface area contributed by atoms with Gasteiger partial charge in [0.05, 0.1) is 23.9 Å². The quantitative estimate of drug-likeness (QED) is 0.275. The summed E-state index contributed by atoms with van der Waals surface area (Å²) in [4.78, 5) is 33.2. The Kier molecular flexibility index (Phi) is 6.17. The number of amides is 1. The first-order chi connectivity index (χ1) is 15.3. The number of anilines is 1. The molecule has 1 aliphatic rings. The van der Waals surface area contributed by atoms with Crippen molar-refractivity contribution in [1.29, 1.82) is 0 Å². The van der Waals surface area contributed by atoms with E-state index in [1.807, 2.05) is 45.0 Å². The van der Waals surface area contributed by atoms with Crippen LogP contribution in [0.4, 0.5) is 5.13 Å². The number of aromatic nitrogens is 1. The molecule has 1 N–H and O–H groups in total. The predicted molar refractivity (Wildman–Crippen MR) is 128 cm³/mol. The highest BCUT2D eigenvalue weighted by Crippen LogP contribution is 2.44. The van der Waals surface area contributed by atoms with Crippen molar-refractivity contribution in [3.05, 3.63) is 80.3 Å². The monoisotopic (exact) mass is 512 g/mol. The number of rotatable bonds is 5. The Morgan fingerprint density at radius 2 is 1.91 bits per heavy atom. The van der Waals surface area contributed by atoms with E-state index in [-0.39, 0.29) is 11.3 Å². The van der Waals surface area contributed by atoms with E-state index < -0.39 is 17.7 Å². The average Bonchev–Trinajstić information content (AvgIpc) is 3.24. The molecule has 0 saturated carbocycles. The summed E-state index contributed by atoms with van der Waals surface area (Å²) in [5, 5.41) is 11.6. The molecule has 0 aliphatic carbocycles. The summed E-state index contributed by atoms with van der Waals surface area (Å²) in [7, 11) is 0. The van der Waals surface area contributed by atoms with Gasteiger partial charge in [0.25, 0.3) is 5.78 Å². The fourth-order valence-electron chi connectivity index (χ4n) is 3.61. The number of thiazole rings is 1. The molecule has 6 nitrogen and oxygen atoms in total. The molecular formula is C24H21BrN2O4S. The van der Waals surface area contributed by atoms with Crippen molar-refractivity contribution in [3.63, 3.8) is 0 Å². The molecule has 1 atom stereocenters. The minimum Gasteiger partial charge on any atom is -0.507 e. The molecule has 2 heterocycles. The first-order valence-corrected chi connectivity index (χ1v) is 11.7. The lowest BCUT2D eigenvalue weighted by molar-refractivity contribution is -0.132.